The van der Waals surface area contributed by atoms with Gasteiger partial charge in [-0.25, -0.2) is 8.42 Å². The van der Waals surface area contributed by atoms with Crippen molar-refractivity contribution in [2.24, 2.45) is 10.9 Å². The van der Waals surface area contributed by atoms with Gasteiger partial charge < -0.3 is 15.1 Å². The number of guanidine groups is 1. The van der Waals surface area contributed by atoms with E-state index >= 15 is 0 Å². The van der Waals surface area contributed by atoms with Crippen LogP contribution in [0.25, 0.3) is 0 Å². The summed E-state index contributed by atoms with van der Waals surface area (Å²) in [6.45, 7) is 12.6. The molecule has 7 nitrogen and oxygen atoms in total. The van der Waals surface area contributed by atoms with Gasteiger partial charge in [0.2, 0.25) is 5.91 Å². The normalized spacial score (nSPS) is 24.9. The molecule has 1 N–H and O–H groups in total. The van der Waals surface area contributed by atoms with Crippen molar-refractivity contribution in [2.75, 3.05) is 37.7 Å². The fourth-order valence-electron chi connectivity index (χ4n) is 4.05. The van der Waals surface area contributed by atoms with Gasteiger partial charge in [-0.1, -0.05) is 6.92 Å². The Kier molecular flexibility index (Phi) is 8.84. The van der Waals surface area contributed by atoms with Gasteiger partial charge in [0, 0.05) is 25.7 Å². The van der Waals surface area contributed by atoms with Crippen molar-refractivity contribution in [1.82, 2.24) is 15.1 Å². The second-order valence-corrected chi connectivity index (χ2v) is 10.6. The van der Waals surface area contributed by atoms with E-state index in [2.05, 4.69) is 26.1 Å². The minimum Gasteiger partial charge on any atom is -0.356 e. The van der Waals surface area contributed by atoms with Crippen LogP contribution in [0.15, 0.2) is 4.99 Å². The molecule has 0 aromatic carbocycles. The lowest BCUT2D eigenvalue weighted by molar-refractivity contribution is -0.145. The molecule has 0 bridgehead atoms. The SMILES string of the molecule is CCCNC(=NCC1CCS(=O)(=O)C1)N1CC(=O)N(C(C)C)C(C)(C)C1.I. The lowest BCUT2D eigenvalue weighted by atomic mass is 9.96. The average Bonchev–Trinajstić information content (AvgIpc) is 2.84. The number of sulfone groups is 1. The van der Waals surface area contributed by atoms with Gasteiger partial charge in [0.1, 0.15) is 0 Å². The van der Waals surface area contributed by atoms with Crippen molar-refractivity contribution in [1.29, 1.82) is 0 Å². The number of rotatable bonds is 5. The highest BCUT2D eigenvalue weighted by Crippen LogP contribution is 2.25. The molecular formula is C18H35IN4O3S. The molecule has 27 heavy (non-hydrogen) atoms. The number of hydrogen-bond donors (Lipinski definition) is 1. The Morgan fingerprint density at radius 1 is 1.37 bits per heavy atom. The lowest BCUT2D eigenvalue weighted by Gasteiger charge is -2.49. The molecule has 2 heterocycles. The van der Waals surface area contributed by atoms with Crippen LogP contribution in [-0.4, -0.2) is 79.3 Å². The first-order valence-electron chi connectivity index (χ1n) is 9.61. The summed E-state index contributed by atoms with van der Waals surface area (Å²) in [5, 5.41) is 3.34. The average molecular weight is 514 g/mol. The zero-order chi connectivity index (χ0) is 19.5. The first-order chi connectivity index (χ1) is 12.1. The van der Waals surface area contributed by atoms with Crippen LogP contribution in [0.5, 0.6) is 0 Å². The molecule has 0 aromatic heterocycles. The Balaban J connectivity index is 0.00000364. The predicted octanol–water partition coefficient (Wildman–Crippen LogP) is 1.73. The molecule has 0 aromatic rings. The number of piperazine rings is 1. The second-order valence-electron chi connectivity index (χ2n) is 8.39. The molecule has 9 heteroatoms. The number of carbonyl (C=O) groups is 1. The van der Waals surface area contributed by atoms with Crippen LogP contribution in [0.3, 0.4) is 0 Å². The summed E-state index contributed by atoms with van der Waals surface area (Å²) >= 11 is 0. The minimum atomic E-state index is -2.89. The third-order valence-electron chi connectivity index (χ3n) is 5.00. The minimum absolute atomic E-state index is 0. The number of aliphatic imine (C=N–C) groups is 1. The highest BCUT2D eigenvalue weighted by Gasteiger charge is 2.40. The van der Waals surface area contributed by atoms with Crippen molar-refractivity contribution in [3.63, 3.8) is 0 Å². The first-order valence-corrected chi connectivity index (χ1v) is 11.4. The molecule has 0 saturated carbocycles. The van der Waals surface area contributed by atoms with Crippen molar-refractivity contribution < 1.29 is 13.2 Å². The van der Waals surface area contributed by atoms with E-state index in [1.54, 1.807) is 0 Å². The van der Waals surface area contributed by atoms with Crippen molar-refractivity contribution in [3.05, 3.63) is 0 Å². The monoisotopic (exact) mass is 514 g/mol. The molecule has 1 unspecified atom stereocenters. The molecule has 1 amide bonds. The van der Waals surface area contributed by atoms with Crippen molar-refractivity contribution in [2.45, 2.75) is 59.0 Å². The summed E-state index contributed by atoms with van der Waals surface area (Å²) in [5.41, 5.74) is -0.283. The van der Waals surface area contributed by atoms with Crippen molar-refractivity contribution in [3.8, 4) is 0 Å². The number of hydrogen-bond acceptors (Lipinski definition) is 4. The second kappa shape index (κ2) is 9.76. The Morgan fingerprint density at radius 3 is 2.52 bits per heavy atom. The third-order valence-corrected chi connectivity index (χ3v) is 6.84. The summed E-state index contributed by atoms with van der Waals surface area (Å²) in [6, 6.07) is 0.160. The number of halogens is 1. The Hall–Kier alpha value is -0.580. The van der Waals surface area contributed by atoms with Crippen LogP contribution in [0.1, 0.15) is 47.5 Å². The van der Waals surface area contributed by atoms with E-state index < -0.39 is 9.84 Å². The summed E-state index contributed by atoms with van der Waals surface area (Å²) in [7, 11) is -2.89. The summed E-state index contributed by atoms with van der Waals surface area (Å²) in [4.78, 5) is 21.4. The van der Waals surface area contributed by atoms with E-state index in [1.807, 2.05) is 23.6 Å². The van der Waals surface area contributed by atoms with Gasteiger partial charge in [-0.05, 0) is 46.5 Å². The third kappa shape index (κ3) is 6.47. The molecular weight excluding hydrogens is 479 g/mol. The quantitative estimate of drug-likeness (QED) is 0.344. The predicted molar refractivity (Wildman–Crippen MR) is 120 cm³/mol. The van der Waals surface area contributed by atoms with Gasteiger partial charge in [-0.2, -0.15) is 0 Å². The summed E-state index contributed by atoms with van der Waals surface area (Å²) in [5.74, 6) is 1.40. The van der Waals surface area contributed by atoms with Gasteiger partial charge in [0.25, 0.3) is 0 Å². The number of amides is 1. The van der Waals surface area contributed by atoms with E-state index in [9.17, 15) is 13.2 Å². The molecule has 2 saturated heterocycles. The molecule has 0 aliphatic carbocycles. The van der Waals surface area contributed by atoms with Crippen LogP contribution in [0.2, 0.25) is 0 Å². The van der Waals surface area contributed by atoms with E-state index in [0.717, 1.165) is 18.9 Å². The smallest absolute Gasteiger partial charge is 0.242 e. The molecule has 2 fully saturated rings. The Labute approximate surface area is 181 Å². The van der Waals surface area contributed by atoms with E-state index in [1.165, 1.54) is 0 Å². The standard InChI is InChI=1S/C18H34N4O3S.HI/c1-6-8-19-17(20-10-15-7-9-26(24,25)12-15)21-11-16(23)22(14(2)3)18(4,5)13-21;/h14-15H,6-13H2,1-5H3,(H,19,20);1H. The lowest BCUT2D eigenvalue weighted by Crippen LogP contribution is -2.66. The van der Waals surface area contributed by atoms with Crippen LogP contribution < -0.4 is 5.32 Å². The number of nitrogens with one attached hydrogen (secondary N) is 1. The summed E-state index contributed by atoms with van der Waals surface area (Å²) in [6.07, 6.45) is 1.64. The largest absolute Gasteiger partial charge is 0.356 e. The maximum atomic E-state index is 12.7. The highest BCUT2D eigenvalue weighted by molar-refractivity contribution is 14.0. The highest BCUT2D eigenvalue weighted by atomic mass is 127. The van der Waals surface area contributed by atoms with E-state index in [-0.39, 0.29) is 58.9 Å². The molecule has 0 spiro atoms. The maximum Gasteiger partial charge on any atom is 0.242 e. The van der Waals surface area contributed by atoms with Crippen LogP contribution >= 0.6 is 24.0 Å². The molecule has 2 rings (SSSR count). The molecule has 158 valence electrons. The molecule has 2 aliphatic heterocycles. The maximum absolute atomic E-state index is 12.7. The fourth-order valence-corrected chi connectivity index (χ4v) is 5.90. The fraction of sp³-hybridized carbons (Fsp3) is 0.889. The van der Waals surface area contributed by atoms with Crippen LogP contribution in [0.4, 0.5) is 0 Å². The van der Waals surface area contributed by atoms with Gasteiger partial charge >= 0.3 is 0 Å². The molecule has 2 aliphatic rings. The van der Waals surface area contributed by atoms with Crippen LogP contribution in [-0.2, 0) is 14.6 Å². The van der Waals surface area contributed by atoms with Gasteiger partial charge in [0.15, 0.2) is 15.8 Å². The zero-order valence-corrected chi connectivity index (χ0v) is 20.3. The topological polar surface area (TPSA) is 82.1 Å². The first kappa shape index (κ1) is 24.5. The Bertz CT molecular complexity index is 649. The van der Waals surface area contributed by atoms with E-state index in [4.69, 9.17) is 4.99 Å². The zero-order valence-electron chi connectivity index (χ0n) is 17.2. The number of nitrogens with zero attached hydrogens (tertiary/aromatic N) is 3. The number of carbonyl (C=O) groups excluding carboxylic acids is 1. The Morgan fingerprint density at radius 2 is 2.04 bits per heavy atom. The molecule has 1 atom stereocenters. The van der Waals surface area contributed by atoms with Gasteiger partial charge in [-0.15, -0.1) is 24.0 Å². The van der Waals surface area contributed by atoms with Gasteiger partial charge in [0.05, 0.1) is 23.6 Å². The molecule has 0 radical (unpaired) electrons. The van der Waals surface area contributed by atoms with Crippen molar-refractivity contribution >= 4 is 45.7 Å². The van der Waals surface area contributed by atoms with E-state index in [0.29, 0.717) is 26.1 Å². The summed E-state index contributed by atoms with van der Waals surface area (Å²) < 4.78 is 23.3. The van der Waals surface area contributed by atoms with Gasteiger partial charge in [-0.3, -0.25) is 9.79 Å². The van der Waals surface area contributed by atoms with Crippen LogP contribution in [0, 0.1) is 5.92 Å².